The van der Waals surface area contributed by atoms with E-state index in [-0.39, 0.29) is 11.9 Å². The SMILES string of the molecule is Cc1ccc(NC(=O)N2CCC(C(=O)O)CC2)c(C)n1. The number of likely N-dealkylation sites (tertiary alicyclic amines) is 1. The minimum atomic E-state index is -0.774. The summed E-state index contributed by atoms with van der Waals surface area (Å²) in [5.74, 6) is -1.11. The second-order valence-corrected chi connectivity index (χ2v) is 5.12. The first kappa shape index (κ1) is 14.3. The van der Waals surface area contributed by atoms with Gasteiger partial charge in [-0.05, 0) is 38.8 Å². The molecule has 1 aliphatic heterocycles. The topological polar surface area (TPSA) is 82.5 Å². The van der Waals surface area contributed by atoms with Crippen LogP contribution in [0.5, 0.6) is 0 Å². The fourth-order valence-corrected chi connectivity index (χ4v) is 2.34. The summed E-state index contributed by atoms with van der Waals surface area (Å²) in [6.45, 7) is 4.69. The van der Waals surface area contributed by atoms with Gasteiger partial charge in [-0.25, -0.2) is 4.79 Å². The van der Waals surface area contributed by atoms with Crippen LogP contribution in [0, 0.1) is 19.8 Å². The van der Waals surface area contributed by atoms with Crippen LogP contribution >= 0.6 is 0 Å². The normalized spacial score (nSPS) is 16.0. The van der Waals surface area contributed by atoms with Crippen LogP contribution in [0.4, 0.5) is 10.5 Å². The van der Waals surface area contributed by atoms with E-state index in [4.69, 9.17) is 5.11 Å². The summed E-state index contributed by atoms with van der Waals surface area (Å²) in [5.41, 5.74) is 2.38. The van der Waals surface area contributed by atoms with E-state index in [1.165, 1.54) is 0 Å². The van der Waals surface area contributed by atoms with Crippen LogP contribution in [0.3, 0.4) is 0 Å². The number of piperidine rings is 1. The van der Waals surface area contributed by atoms with Gasteiger partial charge in [0.2, 0.25) is 0 Å². The molecule has 6 nitrogen and oxygen atoms in total. The number of aliphatic carboxylic acids is 1. The highest BCUT2D eigenvalue weighted by Crippen LogP contribution is 2.19. The second kappa shape index (κ2) is 5.90. The predicted octanol–water partition coefficient (Wildman–Crippen LogP) is 2.03. The number of hydrogen-bond acceptors (Lipinski definition) is 3. The van der Waals surface area contributed by atoms with E-state index < -0.39 is 5.97 Å². The third kappa shape index (κ3) is 3.26. The average molecular weight is 277 g/mol. The summed E-state index contributed by atoms with van der Waals surface area (Å²) < 4.78 is 0. The molecule has 0 unspecified atom stereocenters. The van der Waals surface area contributed by atoms with Gasteiger partial charge in [-0.15, -0.1) is 0 Å². The van der Waals surface area contributed by atoms with Crippen molar-refractivity contribution in [1.82, 2.24) is 9.88 Å². The van der Waals surface area contributed by atoms with Crippen LogP contribution in [0.1, 0.15) is 24.2 Å². The van der Waals surface area contributed by atoms with Crippen LogP contribution in [0.2, 0.25) is 0 Å². The van der Waals surface area contributed by atoms with Crippen LogP contribution in [-0.2, 0) is 4.79 Å². The molecule has 20 heavy (non-hydrogen) atoms. The highest BCUT2D eigenvalue weighted by atomic mass is 16.4. The number of aromatic nitrogens is 1. The lowest BCUT2D eigenvalue weighted by Crippen LogP contribution is -2.42. The summed E-state index contributed by atoms with van der Waals surface area (Å²) in [7, 11) is 0. The quantitative estimate of drug-likeness (QED) is 0.866. The maximum absolute atomic E-state index is 12.1. The first-order valence-electron chi connectivity index (χ1n) is 6.70. The third-order valence-corrected chi connectivity index (χ3v) is 3.60. The van der Waals surface area contributed by atoms with Crippen molar-refractivity contribution < 1.29 is 14.7 Å². The largest absolute Gasteiger partial charge is 0.481 e. The van der Waals surface area contributed by atoms with E-state index in [0.29, 0.717) is 31.6 Å². The van der Waals surface area contributed by atoms with Gasteiger partial charge in [0.25, 0.3) is 0 Å². The highest BCUT2D eigenvalue weighted by molar-refractivity contribution is 5.90. The predicted molar refractivity (Wildman–Crippen MR) is 74.7 cm³/mol. The van der Waals surface area contributed by atoms with Crippen molar-refractivity contribution in [3.05, 3.63) is 23.5 Å². The molecule has 2 N–H and O–H groups in total. The molecule has 1 aromatic rings. The van der Waals surface area contributed by atoms with Gasteiger partial charge in [-0.1, -0.05) is 0 Å². The maximum Gasteiger partial charge on any atom is 0.321 e. The molecule has 2 rings (SSSR count). The number of carboxylic acid groups (broad SMARTS) is 1. The van der Waals surface area contributed by atoms with Crippen molar-refractivity contribution in [1.29, 1.82) is 0 Å². The number of hydrogen-bond donors (Lipinski definition) is 2. The number of carbonyl (C=O) groups excluding carboxylic acids is 1. The fraction of sp³-hybridized carbons (Fsp3) is 0.500. The Balaban J connectivity index is 1.94. The van der Waals surface area contributed by atoms with Gasteiger partial charge in [0.15, 0.2) is 0 Å². The number of amides is 2. The lowest BCUT2D eigenvalue weighted by Gasteiger charge is -2.30. The molecule has 2 heterocycles. The number of carboxylic acids is 1. The molecule has 0 aromatic carbocycles. The molecule has 1 saturated heterocycles. The Kier molecular flexibility index (Phi) is 4.22. The van der Waals surface area contributed by atoms with E-state index in [2.05, 4.69) is 10.3 Å². The van der Waals surface area contributed by atoms with Gasteiger partial charge in [0.1, 0.15) is 0 Å². The summed E-state index contributed by atoms with van der Waals surface area (Å²) in [6, 6.07) is 3.49. The van der Waals surface area contributed by atoms with Crippen LogP contribution in [-0.4, -0.2) is 40.1 Å². The molecule has 1 aliphatic rings. The molecule has 0 spiro atoms. The van der Waals surface area contributed by atoms with Gasteiger partial charge in [-0.3, -0.25) is 9.78 Å². The molecule has 0 aliphatic carbocycles. The number of nitrogens with one attached hydrogen (secondary N) is 1. The van der Waals surface area contributed by atoms with E-state index >= 15 is 0 Å². The van der Waals surface area contributed by atoms with E-state index in [0.717, 1.165) is 11.4 Å². The minimum Gasteiger partial charge on any atom is -0.481 e. The summed E-state index contributed by atoms with van der Waals surface area (Å²) in [5, 5.41) is 11.8. The Hall–Kier alpha value is -2.11. The van der Waals surface area contributed by atoms with Gasteiger partial charge in [0.05, 0.1) is 17.3 Å². The lowest BCUT2D eigenvalue weighted by atomic mass is 9.97. The van der Waals surface area contributed by atoms with E-state index in [9.17, 15) is 9.59 Å². The lowest BCUT2D eigenvalue weighted by molar-refractivity contribution is -0.143. The van der Waals surface area contributed by atoms with E-state index in [1.807, 2.05) is 26.0 Å². The van der Waals surface area contributed by atoms with Crippen molar-refractivity contribution in [3.8, 4) is 0 Å². The Morgan fingerprint density at radius 3 is 2.50 bits per heavy atom. The van der Waals surface area contributed by atoms with Crippen LogP contribution < -0.4 is 5.32 Å². The van der Waals surface area contributed by atoms with Gasteiger partial charge in [-0.2, -0.15) is 0 Å². The first-order valence-corrected chi connectivity index (χ1v) is 6.70. The average Bonchev–Trinajstić information content (AvgIpc) is 2.42. The van der Waals surface area contributed by atoms with E-state index in [1.54, 1.807) is 4.90 Å². The molecular formula is C14H19N3O3. The number of carbonyl (C=O) groups is 2. The molecule has 108 valence electrons. The molecule has 1 fully saturated rings. The van der Waals surface area contributed by atoms with Crippen molar-refractivity contribution in [2.24, 2.45) is 5.92 Å². The molecule has 6 heteroatoms. The third-order valence-electron chi connectivity index (χ3n) is 3.60. The van der Waals surface area contributed by atoms with Gasteiger partial charge < -0.3 is 15.3 Å². The number of rotatable bonds is 2. The number of aryl methyl sites for hydroxylation is 2. The molecule has 0 atom stereocenters. The van der Waals surface area contributed by atoms with Crippen molar-refractivity contribution in [3.63, 3.8) is 0 Å². The molecule has 1 aromatic heterocycles. The second-order valence-electron chi connectivity index (χ2n) is 5.12. The van der Waals surface area contributed by atoms with Gasteiger partial charge >= 0.3 is 12.0 Å². The molecule has 0 radical (unpaired) electrons. The maximum atomic E-state index is 12.1. The zero-order chi connectivity index (χ0) is 14.7. The highest BCUT2D eigenvalue weighted by Gasteiger charge is 2.27. The fourth-order valence-electron chi connectivity index (χ4n) is 2.34. The van der Waals surface area contributed by atoms with Crippen molar-refractivity contribution in [2.75, 3.05) is 18.4 Å². The molecule has 2 amide bonds. The number of nitrogens with zero attached hydrogens (tertiary/aromatic N) is 2. The molecule has 0 saturated carbocycles. The number of pyridine rings is 1. The Morgan fingerprint density at radius 2 is 1.95 bits per heavy atom. The van der Waals surface area contributed by atoms with Crippen molar-refractivity contribution in [2.45, 2.75) is 26.7 Å². The minimum absolute atomic E-state index is 0.192. The molecule has 0 bridgehead atoms. The van der Waals surface area contributed by atoms with Crippen molar-refractivity contribution >= 4 is 17.7 Å². The smallest absolute Gasteiger partial charge is 0.321 e. The number of urea groups is 1. The monoisotopic (exact) mass is 277 g/mol. The Labute approximate surface area is 117 Å². The first-order chi connectivity index (χ1) is 9.47. The Morgan fingerprint density at radius 1 is 1.30 bits per heavy atom. The zero-order valence-corrected chi connectivity index (χ0v) is 11.7. The summed E-state index contributed by atoms with van der Waals surface area (Å²) in [4.78, 5) is 28.9. The zero-order valence-electron chi connectivity index (χ0n) is 11.7. The molecular weight excluding hydrogens is 258 g/mol. The number of anilines is 1. The summed E-state index contributed by atoms with van der Waals surface area (Å²) in [6.07, 6.45) is 1.02. The standard InChI is InChI=1S/C14H19N3O3/c1-9-3-4-12(10(2)15-9)16-14(20)17-7-5-11(6-8-17)13(18)19/h3-4,11H,5-8H2,1-2H3,(H,16,20)(H,18,19). The van der Waals surface area contributed by atoms with Crippen LogP contribution in [0.25, 0.3) is 0 Å². The van der Waals surface area contributed by atoms with Gasteiger partial charge in [0, 0.05) is 18.8 Å². The summed E-state index contributed by atoms with van der Waals surface area (Å²) >= 11 is 0. The Bertz CT molecular complexity index is 522. The van der Waals surface area contributed by atoms with Crippen LogP contribution in [0.15, 0.2) is 12.1 Å².